The fourth-order valence-electron chi connectivity index (χ4n) is 3.22. The van der Waals surface area contributed by atoms with Crippen molar-refractivity contribution in [2.45, 2.75) is 27.3 Å². The minimum atomic E-state index is -0.244. The first kappa shape index (κ1) is 18.9. The topological polar surface area (TPSA) is 79.8 Å². The van der Waals surface area contributed by atoms with Crippen LogP contribution in [0.5, 0.6) is 0 Å². The van der Waals surface area contributed by atoms with E-state index in [-0.39, 0.29) is 18.0 Å². The zero-order valence-electron chi connectivity index (χ0n) is 15.7. The number of rotatable bonds is 4. The number of carbonyl (C=O) groups excluding carboxylic acids is 1. The van der Waals surface area contributed by atoms with Gasteiger partial charge in [0.15, 0.2) is 0 Å². The lowest BCUT2D eigenvalue weighted by Gasteiger charge is -2.13. The Morgan fingerprint density at radius 1 is 1.30 bits per heavy atom. The van der Waals surface area contributed by atoms with Crippen LogP contribution in [-0.2, 0) is 13.6 Å². The lowest BCUT2D eigenvalue weighted by molar-refractivity contribution is 0.0950. The molecule has 6 nitrogen and oxygen atoms in total. The van der Waals surface area contributed by atoms with Crippen molar-refractivity contribution in [3.05, 3.63) is 73.8 Å². The third-order valence-electron chi connectivity index (χ3n) is 4.65. The van der Waals surface area contributed by atoms with Crippen molar-refractivity contribution in [2.75, 3.05) is 0 Å². The Labute approximate surface area is 162 Å². The zero-order valence-corrected chi connectivity index (χ0v) is 16.4. The first-order chi connectivity index (χ1) is 12.8. The van der Waals surface area contributed by atoms with Gasteiger partial charge >= 0.3 is 0 Å². The largest absolute Gasteiger partial charge is 0.348 e. The van der Waals surface area contributed by atoms with E-state index in [1.165, 1.54) is 0 Å². The quantitative estimate of drug-likeness (QED) is 0.724. The van der Waals surface area contributed by atoms with E-state index >= 15 is 0 Å². The summed E-state index contributed by atoms with van der Waals surface area (Å²) in [5.74, 6) is -0.244. The van der Waals surface area contributed by atoms with Gasteiger partial charge < -0.3 is 10.3 Å². The number of pyridine rings is 1. The van der Waals surface area contributed by atoms with Crippen LogP contribution >= 0.6 is 11.6 Å². The molecule has 0 aliphatic heterocycles. The van der Waals surface area contributed by atoms with Crippen molar-refractivity contribution in [3.8, 4) is 11.3 Å². The monoisotopic (exact) mass is 384 g/mol. The van der Waals surface area contributed by atoms with E-state index in [9.17, 15) is 9.59 Å². The first-order valence-corrected chi connectivity index (χ1v) is 8.92. The molecule has 3 aromatic rings. The number of nitrogens with zero attached hydrogens (tertiary/aromatic N) is 2. The molecule has 0 radical (unpaired) electrons. The van der Waals surface area contributed by atoms with Crippen LogP contribution in [-0.4, -0.2) is 20.7 Å². The molecule has 140 valence electrons. The van der Waals surface area contributed by atoms with Gasteiger partial charge in [-0.25, -0.2) is 0 Å². The maximum atomic E-state index is 12.7. The molecule has 2 aromatic heterocycles. The maximum Gasteiger partial charge on any atom is 0.253 e. The van der Waals surface area contributed by atoms with Gasteiger partial charge in [0.05, 0.1) is 16.9 Å². The predicted octanol–water partition coefficient (Wildman–Crippen LogP) is 3.28. The smallest absolute Gasteiger partial charge is 0.253 e. The average Bonchev–Trinajstić information content (AvgIpc) is 2.92. The van der Waals surface area contributed by atoms with Gasteiger partial charge in [0.25, 0.3) is 11.5 Å². The molecule has 0 saturated heterocycles. The van der Waals surface area contributed by atoms with Crippen molar-refractivity contribution in [1.29, 1.82) is 0 Å². The molecule has 1 amide bonds. The van der Waals surface area contributed by atoms with Crippen molar-refractivity contribution in [1.82, 2.24) is 20.1 Å². The van der Waals surface area contributed by atoms with Crippen molar-refractivity contribution >= 4 is 17.5 Å². The second-order valence-electron chi connectivity index (χ2n) is 6.57. The van der Waals surface area contributed by atoms with E-state index in [1.807, 2.05) is 39.0 Å². The fraction of sp³-hybridized carbons (Fsp3) is 0.250. The summed E-state index contributed by atoms with van der Waals surface area (Å²) in [7, 11) is 1.81. The minimum absolute atomic E-state index is 0.163. The molecule has 7 heteroatoms. The van der Waals surface area contributed by atoms with Crippen LogP contribution in [0.1, 0.15) is 32.7 Å². The van der Waals surface area contributed by atoms with Gasteiger partial charge in [-0.05, 0) is 44.0 Å². The van der Waals surface area contributed by atoms with E-state index in [4.69, 9.17) is 11.6 Å². The molecule has 0 aliphatic carbocycles. The molecule has 2 N–H and O–H groups in total. The zero-order chi connectivity index (χ0) is 19.7. The molecule has 0 fully saturated rings. The Morgan fingerprint density at radius 3 is 2.67 bits per heavy atom. The molecular formula is C20H21ClN4O2. The van der Waals surface area contributed by atoms with Gasteiger partial charge in [0, 0.05) is 36.0 Å². The van der Waals surface area contributed by atoms with Crippen LogP contribution in [0.15, 0.2) is 35.3 Å². The molecule has 0 bridgehead atoms. The van der Waals surface area contributed by atoms with Crippen molar-refractivity contribution in [2.24, 2.45) is 7.05 Å². The Morgan fingerprint density at radius 2 is 2.04 bits per heavy atom. The van der Waals surface area contributed by atoms with E-state index < -0.39 is 0 Å². The Kier molecular flexibility index (Phi) is 5.19. The summed E-state index contributed by atoms with van der Waals surface area (Å²) in [5, 5.41) is 7.53. The predicted molar refractivity (Wildman–Crippen MR) is 106 cm³/mol. The van der Waals surface area contributed by atoms with Gasteiger partial charge in [-0.3, -0.25) is 14.3 Å². The van der Waals surface area contributed by atoms with Crippen LogP contribution < -0.4 is 10.9 Å². The summed E-state index contributed by atoms with van der Waals surface area (Å²) in [4.78, 5) is 27.6. The Balaban J connectivity index is 1.89. The summed E-state index contributed by atoms with van der Waals surface area (Å²) >= 11 is 6.25. The highest BCUT2D eigenvalue weighted by Gasteiger charge is 2.17. The standard InChI is InChI=1S/C20H21ClN4O2/c1-11-8-12(2)24-20(27)16(11)9-22-19(26)15-7-5-6-14(13(15)3)18-17(21)10-23-25(18)4/h5-8,10H,9H2,1-4H3,(H,22,26)(H,24,27). The Bertz CT molecular complexity index is 1060. The second kappa shape index (κ2) is 7.40. The van der Waals surface area contributed by atoms with Gasteiger partial charge in [0.1, 0.15) is 0 Å². The summed E-state index contributed by atoms with van der Waals surface area (Å²) in [6, 6.07) is 7.36. The molecule has 0 spiro atoms. The third kappa shape index (κ3) is 3.66. The van der Waals surface area contributed by atoms with Crippen molar-refractivity contribution < 1.29 is 4.79 Å². The van der Waals surface area contributed by atoms with E-state index in [0.29, 0.717) is 16.1 Å². The van der Waals surface area contributed by atoms with Crippen LogP contribution in [0.25, 0.3) is 11.3 Å². The van der Waals surface area contributed by atoms with Gasteiger partial charge in [-0.2, -0.15) is 5.10 Å². The molecule has 27 heavy (non-hydrogen) atoms. The summed E-state index contributed by atoms with van der Waals surface area (Å²) in [6.07, 6.45) is 1.58. The summed E-state index contributed by atoms with van der Waals surface area (Å²) < 4.78 is 1.68. The number of aromatic nitrogens is 3. The molecule has 0 unspecified atom stereocenters. The molecule has 1 aromatic carbocycles. The molecule has 0 saturated carbocycles. The maximum absolute atomic E-state index is 12.7. The SMILES string of the molecule is Cc1cc(C)c(CNC(=O)c2cccc(-c3c(Cl)cnn3C)c2C)c(=O)[nH]1. The van der Waals surface area contributed by atoms with Gasteiger partial charge in [-0.15, -0.1) is 0 Å². The third-order valence-corrected chi connectivity index (χ3v) is 4.92. The molecular weight excluding hydrogens is 364 g/mol. The number of hydrogen-bond donors (Lipinski definition) is 2. The molecule has 3 rings (SSSR count). The van der Waals surface area contributed by atoms with Crippen molar-refractivity contribution in [3.63, 3.8) is 0 Å². The van der Waals surface area contributed by atoms with Gasteiger partial charge in [0.2, 0.25) is 0 Å². The van der Waals surface area contributed by atoms with E-state index in [1.54, 1.807) is 24.0 Å². The first-order valence-electron chi connectivity index (χ1n) is 8.54. The van der Waals surface area contributed by atoms with Crippen LogP contribution in [0.4, 0.5) is 0 Å². The number of nitrogens with one attached hydrogen (secondary N) is 2. The highest BCUT2D eigenvalue weighted by molar-refractivity contribution is 6.33. The lowest BCUT2D eigenvalue weighted by atomic mass is 9.99. The molecule has 2 heterocycles. The Hall–Kier alpha value is -2.86. The number of H-pyrrole nitrogens is 1. The van der Waals surface area contributed by atoms with E-state index in [0.717, 1.165) is 28.1 Å². The van der Waals surface area contributed by atoms with Crippen LogP contribution in [0.3, 0.4) is 0 Å². The molecule has 0 atom stereocenters. The number of amides is 1. The molecule has 0 aliphatic rings. The fourth-order valence-corrected chi connectivity index (χ4v) is 3.48. The summed E-state index contributed by atoms with van der Waals surface area (Å²) in [6.45, 7) is 5.73. The average molecular weight is 385 g/mol. The van der Waals surface area contributed by atoms with Crippen LogP contribution in [0.2, 0.25) is 5.02 Å². The highest BCUT2D eigenvalue weighted by atomic mass is 35.5. The number of hydrogen-bond acceptors (Lipinski definition) is 3. The van der Waals surface area contributed by atoms with Crippen LogP contribution in [0, 0.1) is 20.8 Å². The van der Waals surface area contributed by atoms with Gasteiger partial charge in [-0.1, -0.05) is 23.7 Å². The number of halogens is 1. The second-order valence-corrected chi connectivity index (χ2v) is 6.98. The highest BCUT2D eigenvalue weighted by Crippen LogP contribution is 2.31. The number of benzene rings is 1. The lowest BCUT2D eigenvalue weighted by Crippen LogP contribution is -2.28. The summed E-state index contributed by atoms with van der Waals surface area (Å²) in [5.41, 5.74) is 4.96. The number of aryl methyl sites for hydroxylation is 3. The van der Waals surface area contributed by atoms with E-state index in [2.05, 4.69) is 15.4 Å². The number of aromatic amines is 1. The minimum Gasteiger partial charge on any atom is -0.348 e. The number of carbonyl (C=O) groups is 1. The normalized spacial score (nSPS) is 10.9.